The summed E-state index contributed by atoms with van der Waals surface area (Å²) in [6.07, 6.45) is 1.52. The van der Waals surface area contributed by atoms with Crippen LogP contribution in [0.3, 0.4) is 0 Å². The maximum absolute atomic E-state index is 13.6. The van der Waals surface area contributed by atoms with E-state index in [9.17, 15) is 14.4 Å². The van der Waals surface area contributed by atoms with Crippen LogP contribution in [0.15, 0.2) is 82.5 Å². The lowest BCUT2D eigenvalue weighted by Crippen LogP contribution is -2.30. The lowest BCUT2D eigenvalue weighted by molar-refractivity contribution is -0.115. The number of nitrogens with one attached hydrogen (secondary N) is 3. The summed E-state index contributed by atoms with van der Waals surface area (Å²) in [7, 11) is 4.48. The number of benzene rings is 3. The zero-order chi connectivity index (χ0) is 33.1. The molecule has 240 valence electrons. The highest BCUT2D eigenvalue weighted by Gasteiger charge is 2.20. The van der Waals surface area contributed by atoms with Crippen molar-refractivity contribution < 1.29 is 28.6 Å². The summed E-state index contributed by atoms with van der Waals surface area (Å²) < 4.78 is 20.5. The highest BCUT2D eigenvalue weighted by atomic mass is 32.2. The summed E-state index contributed by atoms with van der Waals surface area (Å²) in [5.74, 6) is 0.751. The van der Waals surface area contributed by atoms with Crippen LogP contribution in [0.1, 0.15) is 29.8 Å². The topological polar surface area (TPSA) is 141 Å². The first kappa shape index (κ1) is 34.3. The number of amides is 3. The predicted molar refractivity (Wildman–Crippen MR) is 183 cm³/mol. The maximum Gasteiger partial charge on any atom is 0.272 e. The molecule has 1 unspecified atom stereocenters. The Bertz CT molecular complexity index is 1690. The van der Waals surface area contributed by atoms with Gasteiger partial charge in [0.15, 0.2) is 11.5 Å². The van der Waals surface area contributed by atoms with Gasteiger partial charge < -0.3 is 24.8 Å². The van der Waals surface area contributed by atoms with Crippen LogP contribution in [-0.4, -0.2) is 59.4 Å². The molecule has 0 aliphatic carbocycles. The van der Waals surface area contributed by atoms with Crippen molar-refractivity contribution in [3.8, 4) is 17.2 Å². The summed E-state index contributed by atoms with van der Waals surface area (Å²) in [6, 6.07) is 19.0. The first-order valence-corrected chi connectivity index (χ1v) is 16.6. The molecular weight excluding hydrogens is 647 g/mol. The van der Waals surface area contributed by atoms with Gasteiger partial charge in [-0.05, 0) is 66.8 Å². The van der Waals surface area contributed by atoms with Crippen molar-refractivity contribution >= 4 is 69.7 Å². The lowest BCUT2D eigenvalue weighted by atomic mass is 10.1. The van der Waals surface area contributed by atoms with Crippen LogP contribution in [0.4, 0.5) is 10.8 Å². The molecule has 14 heteroatoms. The molecule has 1 aromatic heterocycles. The van der Waals surface area contributed by atoms with Gasteiger partial charge in [0.05, 0.1) is 26.6 Å². The minimum atomic E-state index is -0.567. The van der Waals surface area contributed by atoms with Gasteiger partial charge in [-0.1, -0.05) is 43.0 Å². The molecule has 0 aliphatic heterocycles. The van der Waals surface area contributed by atoms with E-state index < -0.39 is 17.1 Å². The maximum atomic E-state index is 13.6. The molecule has 46 heavy (non-hydrogen) atoms. The largest absolute Gasteiger partial charge is 0.493 e. The summed E-state index contributed by atoms with van der Waals surface area (Å²) in [4.78, 5) is 44.6. The Hall–Kier alpha value is -4.53. The molecule has 3 amide bonds. The smallest absolute Gasteiger partial charge is 0.272 e. The zero-order valence-electron chi connectivity index (χ0n) is 25.8. The van der Waals surface area contributed by atoms with E-state index in [0.717, 1.165) is 22.2 Å². The number of rotatable bonds is 14. The number of methoxy groups -OCH3 is 3. The van der Waals surface area contributed by atoms with Crippen molar-refractivity contribution in [2.75, 3.05) is 37.7 Å². The van der Waals surface area contributed by atoms with Gasteiger partial charge in [0, 0.05) is 27.7 Å². The fraction of sp³-hybridized carbons (Fsp3) is 0.219. The predicted octanol–water partition coefficient (Wildman–Crippen LogP) is 6.20. The van der Waals surface area contributed by atoms with E-state index in [0.29, 0.717) is 44.4 Å². The van der Waals surface area contributed by atoms with Gasteiger partial charge in [-0.3, -0.25) is 19.7 Å². The van der Waals surface area contributed by atoms with E-state index in [1.807, 2.05) is 13.0 Å². The number of anilines is 2. The molecule has 0 saturated heterocycles. The Balaban J connectivity index is 1.54. The number of hydrogen-bond donors (Lipinski definition) is 3. The Morgan fingerprint density at radius 3 is 2.30 bits per heavy atom. The molecule has 3 N–H and O–H groups in total. The molecule has 11 nitrogen and oxygen atoms in total. The molecule has 0 radical (unpaired) electrons. The molecule has 1 heterocycles. The molecule has 0 saturated carbocycles. The van der Waals surface area contributed by atoms with E-state index in [1.165, 1.54) is 50.9 Å². The van der Waals surface area contributed by atoms with Crippen molar-refractivity contribution in [2.24, 2.45) is 0 Å². The van der Waals surface area contributed by atoms with Crippen LogP contribution in [0.5, 0.6) is 17.2 Å². The standard InChI is InChI=1S/C32H33N5O6S3/c1-6-44-32-36-31(46-37-32)35-28(38)19(2)45-23-14-10-13-22(18-23)33-30(40)24(34-29(39)21-11-8-7-9-12-21)15-20-16-25(41-3)27(43-5)26(17-20)42-4/h7-19H,6H2,1-5H3,(H,33,40)(H,34,39)(H,35,36,37,38)/b24-15+. The Morgan fingerprint density at radius 1 is 0.935 bits per heavy atom. The Morgan fingerprint density at radius 2 is 1.65 bits per heavy atom. The van der Waals surface area contributed by atoms with Crippen LogP contribution >= 0.6 is 35.1 Å². The second-order valence-electron chi connectivity index (χ2n) is 9.38. The quantitative estimate of drug-likeness (QED) is 0.104. The van der Waals surface area contributed by atoms with E-state index in [1.54, 1.807) is 67.6 Å². The first-order chi connectivity index (χ1) is 22.2. The van der Waals surface area contributed by atoms with Crippen LogP contribution in [0.25, 0.3) is 6.08 Å². The van der Waals surface area contributed by atoms with E-state index >= 15 is 0 Å². The first-order valence-electron chi connectivity index (χ1n) is 14.0. The van der Waals surface area contributed by atoms with Gasteiger partial charge in [0.25, 0.3) is 11.8 Å². The Kier molecular flexibility index (Phi) is 12.5. The van der Waals surface area contributed by atoms with Crippen molar-refractivity contribution in [2.45, 2.75) is 29.1 Å². The minimum Gasteiger partial charge on any atom is -0.493 e. The summed E-state index contributed by atoms with van der Waals surface area (Å²) in [6.45, 7) is 3.79. The number of hydrogen-bond acceptors (Lipinski definition) is 11. The summed E-state index contributed by atoms with van der Waals surface area (Å²) >= 11 is 3.96. The number of carbonyl (C=O) groups is 3. The third kappa shape index (κ3) is 9.25. The second kappa shape index (κ2) is 16.7. The van der Waals surface area contributed by atoms with Gasteiger partial charge in [-0.2, -0.15) is 9.36 Å². The molecule has 0 aliphatic rings. The van der Waals surface area contributed by atoms with Gasteiger partial charge in [0.1, 0.15) is 5.70 Å². The number of thioether (sulfide) groups is 2. The monoisotopic (exact) mass is 679 g/mol. The third-order valence-electron chi connectivity index (χ3n) is 6.21. The van der Waals surface area contributed by atoms with E-state index in [4.69, 9.17) is 14.2 Å². The lowest BCUT2D eigenvalue weighted by Gasteiger charge is -2.15. The third-order valence-corrected chi connectivity index (χ3v) is 8.78. The molecule has 0 bridgehead atoms. The van der Waals surface area contributed by atoms with Crippen molar-refractivity contribution in [3.05, 3.63) is 83.6 Å². The number of nitrogens with zero attached hydrogens (tertiary/aromatic N) is 2. The molecule has 3 aromatic carbocycles. The van der Waals surface area contributed by atoms with Crippen molar-refractivity contribution in [1.29, 1.82) is 0 Å². The summed E-state index contributed by atoms with van der Waals surface area (Å²) in [5.41, 5.74) is 1.35. The fourth-order valence-electron chi connectivity index (χ4n) is 4.05. The van der Waals surface area contributed by atoms with Gasteiger partial charge >= 0.3 is 0 Å². The average Bonchev–Trinajstić information content (AvgIpc) is 3.50. The highest BCUT2D eigenvalue weighted by Crippen LogP contribution is 2.38. The SMILES string of the molecule is CCSc1nsc(NC(=O)C(C)Sc2cccc(NC(=O)/C(=C\c3cc(OC)c(OC)c(OC)c3)NC(=O)c3ccccc3)c2)n1. The van der Waals surface area contributed by atoms with E-state index in [-0.39, 0.29) is 11.6 Å². The molecule has 4 aromatic rings. The van der Waals surface area contributed by atoms with Crippen molar-refractivity contribution in [3.63, 3.8) is 0 Å². The average molecular weight is 680 g/mol. The summed E-state index contributed by atoms with van der Waals surface area (Å²) in [5, 5.41) is 9.00. The van der Waals surface area contributed by atoms with Crippen LogP contribution in [0.2, 0.25) is 0 Å². The number of ether oxygens (including phenoxy) is 3. The molecule has 1 atom stereocenters. The molecule has 4 rings (SSSR count). The molecular formula is C32H33N5O6S3. The normalized spacial score (nSPS) is 11.7. The van der Waals surface area contributed by atoms with Crippen LogP contribution in [0, 0.1) is 0 Å². The highest BCUT2D eigenvalue weighted by molar-refractivity contribution is 8.00. The number of carbonyl (C=O) groups excluding carboxylic acids is 3. The van der Waals surface area contributed by atoms with Crippen LogP contribution < -0.4 is 30.2 Å². The zero-order valence-corrected chi connectivity index (χ0v) is 28.2. The molecule has 0 fully saturated rings. The number of aromatic nitrogens is 2. The van der Waals surface area contributed by atoms with Gasteiger partial charge in [0.2, 0.25) is 21.9 Å². The minimum absolute atomic E-state index is 0.0217. The Labute approximate surface area is 279 Å². The van der Waals surface area contributed by atoms with Gasteiger partial charge in [-0.15, -0.1) is 11.8 Å². The van der Waals surface area contributed by atoms with E-state index in [2.05, 4.69) is 25.3 Å². The molecule has 0 spiro atoms. The van der Waals surface area contributed by atoms with Crippen molar-refractivity contribution in [1.82, 2.24) is 14.7 Å². The van der Waals surface area contributed by atoms with Crippen LogP contribution in [-0.2, 0) is 9.59 Å². The fourth-order valence-corrected chi connectivity index (χ4v) is 6.25. The second-order valence-corrected chi connectivity index (χ2v) is 12.8. The van der Waals surface area contributed by atoms with Gasteiger partial charge in [-0.25, -0.2) is 0 Å².